The van der Waals surface area contributed by atoms with Crippen LogP contribution in [-0.2, 0) is 20.9 Å². The second-order valence-corrected chi connectivity index (χ2v) is 8.34. The van der Waals surface area contributed by atoms with Gasteiger partial charge in [0.2, 0.25) is 17.7 Å². The predicted octanol–water partition coefficient (Wildman–Crippen LogP) is 2.44. The van der Waals surface area contributed by atoms with Gasteiger partial charge in [-0.3, -0.25) is 14.4 Å². The minimum Gasteiger partial charge on any atom is -0.383 e. The third-order valence-corrected chi connectivity index (χ3v) is 5.96. The summed E-state index contributed by atoms with van der Waals surface area (Å²) >= 11 is 0. The number of carbonyl (C=O) groups is 3. The van der Waals surface area contributed by atoms with Crippen LogP contribution >= 0.6 is 0 Å². The molecule has 4 N–H and O–H groups in total. The SMILES string of the molecule is CC(=O)NC(C(=O)N1CCC[C@H]1C(=O)NCc1ccc2c(N)nccc2c1)c1ccc(F)cc1. The van der Waals surface area contributed by atoms with E-state index in [2.05, 4.69) is 15.6 Å². The predicted molar refractivity (Wildman–Crippen MR) is 126 cm³/mol. The summed E-state index contributed by atoms with van der Waals surface area (Å²) in [5.41, 5.74) is 7.24. The van der Waals surface area contributed by atoms with Gasteiger partial charge in [-0.05, 0) is 53.6 Å². The van der Waals surface area contributed by atoms with Crippen molar-refractivity contribution >= 4 is 34.3 Å². The van der Waals surface area contributed by atoms with E-state index >= 15 is 0 Å². The molecule has 1 aromatic heterocycles. The second kappa shape index (κ2) is 9.86. The number of amides is 3. The highest BCUT2D eigenvalue weighted by Gasteiger charge is 2.37. The lowest BCUT2D eigenvalue weighted by Gasteiger charge is -2.28. The lowest BCUT2D eigenvalue weighted by molar-refractivity contribution is -0.141. The van der Waals surface area contributed by atoms with E-state index in [-0.39, 0.29) is 5.91 Å². The summed E-state index contributed by atoms with van der Waals surface area (Å²) in [7, 11) is 0. The van der Waals surface area contributed by atoms with Crippen LogP contribution in [0.3, 0.4) is 0 Å². The maximum atomic E-state index is 13.4. The number of nitrogens with zero attached hydrogens (tertiary/aromatic N) is 2. The number of fused-ring (bicyclic) bond motifs is 1. The van der Waals surface area contributed by atoms with E-state index < -0.39 is 29.7 Å². The second-order valence-electron chi connectivity index (χ2n) is 8.34. The molecule has 0 spiro atoms. The van der Waals surface area contributed by atoms with Gasteiger partial charge in [-0.1, -0.05) is 24.3 Å². The molecule has 176 valence electrons. The zero-order valence-electron chi connectivity index (χ0n) is 18.8. The molecule has 1 fully saturated rings. The van der Waals surface area contributed by atoms with Gasteiger partial charge in [-0.25, -0.2) is 9.37 Å². The average Bonchev–Trinajstić information content (AvgIpc) is 3.31. The third kappa shape index (κ3) is 4.98. The van der Waals surface area contributed by atoms with Crippen molar-refractivity contribution in [2.75, 3.05) is 12.3 Å². The molecule has 1 aliphatic heterocycles. The van der Waals surface area contributed by atoms with Crippen molar-refractivity contribution in [3.63, 3.8) is 0 Å². The zero-order valence-corrected chi connectivity index (χ0v) is 18.8. The molecule has 1 aliphatic rings. The Morgan fingerprint density at radius 3 is 2.68 bits per heavy atom. The van der Waals surface area contributed by atoms with Crippen molar-refractivity contribution in [3.8, 4) is 0 Å². The number of pyridine rings is 1. The maximum Gasteiger partial charge on any atom is 0.250 e. The smallest absolute Gasteiger partial charge is 0.250 e. The molecule has 1 unspecified atom stereocenters. The van der Waals surface area contributed by atoms with Gasteiger partial charge in [0.05, 0.1) is 0 Å². The highest BCUT2D eigenvalue weighted by molar-refractivity contribution is 5.93. The first kappa shape index (κ1) is 23.2. The molecule has 1 saturated heterocycles. The molecular weight excluding hydrogens is 437 g/mol. The van der Waals surface area contributed by atoms with Gasteiger partial charge in [0.25, 0.3) is 0 Å². The fourth-order valence-electron chi connectivity index (χ4n) is 4.28. The monoisotopic (exact) mass is 463 g/mol. The number of carbonyl (C=O) groups excluding carboxylic acids is 3. The van der Waals surface area contributed by atoms with Crippen LogP contribution < -0.4 is 16.4 Å². The molecule has 2 heterocycles. The zero-order chi connectivity index (χ0) is 24.2. The molecule has 2 aromatic carbocycles. The van der Waals surface area contributed by atoms with E-state index in [0.717, 1.165) is 16.3 Å². The van der Waals surface area contributed by atoms with Crippen LogP contribution in [0.2, 0.25) is 0 Å². The van der Waals surface area contributed by atoms with Crippen LogP contribution in [-0.4, -0.2) is 40.2 Å². The van der Waals surface area contributed by atoms with Crippen LogP contribution in [0.5, 0.6) is 0 Å². The Morgan fingerprint density at radius 2 is 1.94 bits per heavy atom. The van der Waals surface area contributed by atoms with Gasteiger partial charge in [-0.15, -0.1) is 0 Å². The molecule has 0 aliphatic carbocycles. The first-order valence-corrected chi connectivity index (χ1v) is 11.1. The maximum absolute atomic E-state index is 13.4. The molecule has 0 bridgehead atoms. The number of aromatic nitrogens is 1. The highest BCUT2D eigenvalue weighted by Crippen LogP contribution is 2.25. The van der Waals surface area contributed by atoms with Crippen LogP contribution in [0.4, 0.5) is 10.2 Å². The molecule has 3 aromatic rings. The molecule has 0 radical (unpaired) electrons. The molecule has 34 heavy (non-hydrogen) atoms. The molecule has 3 amide bonds. The number of rotatable bonds is 6. The minimum absolute atomic E-state index is 0.263. The number of anilines is 1. The van der Waals surface area contributed by atoms with Crippen LogP contribution in [0.25, 0.3) is 10.8 Å². The lowest BCUT2D eigenvalue weighted by atomic mass is 10.0. The van der Waals surface area contributed by atoms with E-state index in [9.17, 15) is 18.8 Å². The number of nitrogens with two attached hydrogens (primary N) is 1. The van der Waals surface area contributed by atoms with Crippen LogP contribution in [0, 0.1) is 5.82 Å². The average molecular weight is 464 g/mol. The van der Waals surface area contributed by atoms with Crippen molar-refractivity contribution in [1.82, 2.24) is 20.5 Å². The topological polar surface area (TPSA) is 117 Å². The number of hydrogen-bond donors (Lipinski definition) is 3. The summed E-state index contributed by atoms with van der Waals surface area (Å²) < 4.78 is 13.4. The van der Waals surface area contributed by atoms with E-state index in [0.29, 0.717) is 37.3 Å². The Hall–Kier alpha value is -4.01. The fourth-order valence-corrected chi connectivity index (χ4v) is 4.28. The number of benzene rings is 2. The van der Waals surface area contributed by atoms with E-state index in [1.807, 2.05) is 24.3 Å². The fraction of sp³-hybridized carbons (Fsp3) is 0.280. The standard InChI is InChI=1S/C25H26FN5O3/c1-15(32)30-22(17-5-7-19(26)8-6-17)25(34)31-12-2-3-21(31)24(33)29-14-16-4-9-20-18(13-16)10-11-28-23(20)27/h4-11,13,21-22H,2-3,12,14H2,1H3,(H2,27,28)(H,29,33)(H,30,32)/t21-,22?/m0/s1. The van der Waals surface area contributed by atoms with Crippen LogP contribution in [0.15, 0.2) is 54.7 Å². The summed E-state index contributed by atoms with van der Waals surface area (Å²) in [4.78, 5) is 43.7. The quantitative estimate of drug-likeness (QED) is 0.519. The summed E-state index contributed by atoms with van der Waals surface area (Å²) in [5.74, 6) is -1.05. The summed E-state index contributed by atoms with van der Waals surface area (Å²) in [6.07, 6.45) is 2.82. The minimum atomic E-state index is -0.994. The summed E-state index contributed by atoms with van der Waals surface area (Å²) in [5, 5.41) is 7.31. The number of halogens is 1. The normalized spacial score (nSPS) is 16.3. The van der Waals surface area contributed by atoms with Gasteiger partial charge in [0, 0.05) is 31.6 Å². The molecule has 0 saturated carbocycles. The lowest BCUT2D eigenvalue weighted by Crippen LogP contribution is -2.49. The summed E-state index contributed by atoms with van der Waals surface area (Å²) in [6, 6.07) is 11.3. The molecule has 4 rings (SSSR count). The van der Waals surface area contributed by atoms with E-state index in [1.54, 1.807) is 6.20 Å². The number of hydrogen-bond acceptors (Lipinski definition) is 5. The Balaban J connectivity index is 1.47. The Bertz CT molecular complexity index is 1230. The molecule has 2 atom stereocenters. The third-order valence-electron chi connectivity index (χ3n) is 5.96. The highest BCUT2D eigenvalue weighted by atomic mass is 19.1. The first-order valence-electron chi connectivity index (χ1n) is 11.1. The molecular formula is C25H26FN5O3. The van der Waals surface area contributed by atoms with Crippen molar-refractivity contribution in [2.24, 2.45) is 0 Å². The number of nitrogen functional groups attached to an aromatic ring is 1. The van der Waals surface area contributed by atoms with Gasteiger partial charge in [0.15, 0.2) is 0 Å². The Kier molecular flexibility index (Phi) is 6.72. The van der Waals surface area contributed by atoms with Gasteiger partial charge >= 0.3 is 0 Å². The van der Waals surface area contributed by atoms with Crippen molar-refractivity contribution < 1.29 is 18.8 Å². The van der Waals surface area contributed by atoms with Gasteiger partial charge in [-0.2, -0.15) is 0 Å². The number of likely N-dealkylation sites (tertiary alicyclic amines) is 1. The van der Waals surface area contributed by atoms with E-state index in [1.165, 1.54) is 36.1 Å². The van der Waals surface area contributed by atoms with Crippen molar-refractivity contribution in [2.45, 2.75) is 38.4 Å². The summed E-state index contributed by atoms with van der Waals surface area (Å²) in [6.45, 7) is 2.00. The van der Waals surface area contributed by atoms with E-state index in [4.69, 9.17) is 5.73 Å². The molecule has 8 nitrogen and oxygen atoms in total. The van der Waals surface area contributed by atoms with Crippen LogP contribution in [0.1, 0.15) is 36.9 Å². The number of nitrogens with one attached hydrogen (secondary N) is 2. The first-order chi connectivity index (χ1) is 16.3. The van der Waals surface area contributed by atoms with Crippen molar-refractivity contribution in [3.05, 3.63) is 71.7 Å². The molecule has 9 heteroatoms. The Morgan fingerprint density at radius 1 is 1.18 bits per heavy atom. The Labute approximate surface area is 196 Å². The largest absolute Gasteiger partial charge is 0.383 e. The van der Waals surface area contributed by atoms with Crippen molar-refractivity contribution in [1.29, 1.82) is 0 Å². The van der Waals surface area contributed by atoms with Gasteiger partial charge in [0.1, 0.15) is 23.7 Å². The van der Waals surface area contributed by atoms with Gasteiger partial charge < -0.3 is 21.3 Å².